The zero-order valence-corrected chi connectivity index (χ0v) is 11.6. The van der Waals surface area contributed by atoms with Crippen LogP contribution in [0.2, 0.25) is 0 Å². The molecule has 0 bridgehead atoms. The molecule has 1 aliphatic carbocycles. The molecule has 1 fully saturated rings. The quantitative estimate of drug-likeness (QED) is 0.755. The lowest BCUT2D eigenvalue weighted by atomic mass is 10.1. The number of aromatic nitrogens is 2. The Balaban J connectivity index is 2.13. The van der Waals surface area contributed by atoms with Crippen LogP contribution in [0.3, 0.4) is 0 Å². The summed E-state index contributed by atoms with van der Waals surface area (Å²) in [6, 6.07) is -1.14. The fourth-order valence-corrected chi connectivity index (χ4v) is 3.35. The van der Waals surface area contributed by atoms with Crippen molar-refractivity contribution in [3.8, 4) is 0 Å². The van der Waals surface area contributed by atoms with Crippen LogP contribution in [0, 0.1) is 6.92 Å². The molecule has 1 atom stereocenters. The molecule has 1 heterocycles. The van der Waals surface area contributed by atoms with Crippen LogP contribution in [0.25, 0.3) is 0 Å². The van der Waals surface area contributed by atoms with E-state index >= 15 is 0 Å². The van der Waals surface area contributed by atoms with Gasteiger partial charge in [-0.25, -0.2) is 13.1 Å². The third-order valence-electron chi connectivity index (χ3n) is 3.33. The topological polar surface area (TPSA) is 101 Å². The first-order valence-corrected chi connectivity index (χ1v) is 7.57. The number of rotatable bonds is 6. The largest absolute Gasteiger partial charge is 0.480 e. The van der Waals surface area contributed by atoms with Crippen molar-refractivity contribution in [2.24, 2.45) is 7.05 Å². The molecule has 19 heavy (non-hydrogen) atoms. The van der Waals surface area contributed by atoms with Gasteiger partial charge in [-0.05, 0) is 25.3 Å². The number of hydrogen-bond acceptors (Lipinski definition) is 4. The Hall–Kier alpha value is -1.41. The van der Waals surface area contributed by atoms with Gasteiger partial charge in [-0.2, -0.15) is 5.10 Å². The Bertz CT molecular complexity index is 589. The second kappa shape index (κ2) is 4.93. The van der Waals surface area contributed by atoms with E-state index < -0.39 is 27.3 Å². The van der Waals surface area contributed by atoms with E-state index in [2.05, 4.69) is 9.82 Å². The molecule has 2 N–H and O–H groups in total. The van der Waals surface area contributed by atoms with E-state index in [0.717, 1.165) is 11.3 Å². The van der Waals surface area contributed by atoms with Gasteiger partial charge in [0.2, 0.25) is 10.0 Å². The molecule has 1 unspecified atom stereocenters. The summed E-state index contributed by atoms with van der Waals surface area (Å²) in [5.74, 6) is -1.17. The first kappa shape index (κ1) is 14.0. The maximum absolute atomic E-state index is 11.8. The maximum Gasteiger partial charge on any atom is 0.322 e. The first-order valence-electron chi connectivity index (χ1n) is 6.02. The van der Waals surface area contributed by atoms with Crippen LogP contribution < -0.4 is 4.72 Å². The van der Waals surface area contributed by atoms with Gasteiger partial charge in [0.15, 0.2) is 0 Å². The number of aryl methyl sites for hydroxylation is 1. The van der Waals surface area contributed by atoms with Gasteiger partial charge in [-0.15, -0.1) is 0 Å². The van der Waals surface area contributed by atoms with Gasteiger partial charge >= 0.3 is 5.97 Å². The number of nitrogens with one attached hydrogen (secondary N) is 1. The van der Waals surface area contributed by atoms with Crippen molar-refractivity contribution in [3.63, 3.8) is 0 Å². The highest BCUT2D eigenvalue weighted by atomic mass is 32.2. The molecule has 0 aliphatic heterocycles. The average molecular weight is 287 g/mol. The minimum Gasteiger partial charge on any atom is -0.480 e. The lowest BCUT2D eigenvalue weighted by Gasteiger charge is -2.14. The molecule has 8 heteroatoms. The highest BCUT2D eigenvalue weighted by Crippen LogP contribution is 2.27. The van der Waals surface area contributed by atoms with E-state index in [4.69, 9.17) is 5.11 Å². The lowest BCUT2D eigenvalue weighted by Crippen LogP contribution is -2.43. The van der Waals surface area contributed by atoms with E-state index in [0.29, 0.717) is 12.8 Å². The third-order valence-corrected chi connectivity index (χ3v) is 5.29. The lowest BCUT2D eigenvalue weighted by molar-refractivity contribution is -0.138. The van der Waals surface area contributed by atoms with Gasteiger partial charge in [-0.1, -0.05) is 0 Å². The van der Waals surface area contributed by atoms with Gasteiger partial charge < -0.3 is 5.11 Å². The minimum atomic E-state index is -3.52. The molecule has 0 spiro atoms. The number of carbonyl (C=O) groups is 1. The second-order valence-electron chi connectivity index (χ2n) is 4.84. The van der Waals surface area contributed by atoms with E-state index in [1.165, 1.54) is 0 Å². The molecular formula is C11H17N3O4S. The van der Waals surface area contributed by atoms with Crippen LogP contribution in [0.15, 0.2) is 6.20 Å². The van der Waals surface area contributed by atoms with E-state index in [9.17, 15) is 13.2 Å². The molecule has 1 aromatic rings. The smallest absolute Gasteiger partial charge is 0.322 e. The Labute approximate surface area is 111 Å². The van der Waals surface area contributed by atoms with Gasteiger partial charge in [0.05, 0.1) is 11.4 Å². The maximum atomic E-state index is 11.8. The molecule has 1 saturated carbocycles. The van der Waals surface area contributed by atoms with Crippen LogP contribution in [0.5, 0.6) is 0 Å². The summed E-state index contributed by atoms with van der Waals surface area (Å²) in [6.07, 6.45) is 2.87. The summed E-state index contributed by atoms with van der Waals surface area (Å²) < 4.78 is 27.5. The number of carboxylic acids is 1. The zero-order chi connectivity index (χ0) is 14.2. The summed E-state index contributed by atoms with van der Waals surface area (Å²) in [4.78, 5) is 11.2. The fourth-order valence-electron chi connectivity index (χ4n) is 1.82. The van der Waals surface area contributed by atoms with Crippen molar-refractivity contribution in [2.75, 3.05) is 0 Å². The second-order valence-corrected chi connectivity index (χ2v) is 6.83. The summed E-state index contributed by atoms with van der Waals surface area (Å²) in [7, 11) is -1.76. The van der Waals surface area contributed by atoms with Crippen molar-refractivity contribution in [3.05, 3.63) is 17.5 Å². The summed E-state index contributed by atoms with van der Waals surface area (Å²) in [5, 5.41) is 12.7. The van der Waals surface area contributed by atoms with Crippen LogP contribution >= 0.6 is 0 Å². The van der Waals surface area contributed by atoms with Crippen molar-refractivity contribution in [1.29, 1.82) is 0 Å². The molecule has 106 valence electrons. The van der Waals surface area contributed by atoms with Gasteiger partial charge in [0.1, 0.15) is 6.04 Å². The summed E-state index contributed by atoms with van der Waals surface area (Å²) in [6.45, 7) is 1.82. The normalized spacial score (nSPS) is 17.4. The molecule has 7 nitrogen and oxygen atoms in total. The van der Waals surface area contributed by atoms with E-state index in [-0.39, 0.29) is 6.42 Å². The molecular weight excluding hydrogens is 270 g/mol. The first-order chi connectivity index (χ1) is 8.81. The standard InChI is InChI=1S/C11H17N3O4S/c1-7-8(6-12-14(7)2)5-10(11(15)16)13-19(17,18)9-3-4-9/h6,9-10,13H,3-5H2,1-2H3,(H,15,16). The van der Waals surface area contributed by atoms with Gasteiger partial charge in [0.25, 0.3) is 0 Å². The highest BCUT2D eigenvalue weighted by Gasteiger charge is 2.38. The number of aliphatic carboxylic acids is 1. The van der Waals surface area contributed by atoms with Gasteiger partial charge in [-0.3, -0.25) is 9.48 Å². The van der Waals surface area contributed by atoms with Crippen LogP contribution in [-0.2, 0) is 28.3 Å². The number of hydrogen-bond donors (Lipinski definition) is 2. The molecule has 1 aliphatic rings. The monoisotopic (exact) mass is 287 g/mol. The number of nitrogens with zero attached hydrogens (tertiary/aromatic N) is 2. The predicted octanol–water partition coefficient (Wildman–Crippen LogP) is -0.194. The van der Waals surface area contributed by atoms with E-state index in [1.54, 1.807) is 17.9 Å². The fraction of sp³-hybridized carbons (Fsp3) is 0.636. The minimum absolute atomic E-state index is 0.0982. The van der Waals surface area contributed by atoms with Crippen molar-refractivity contribution in [2.45, 2.75) is 37.5 Å². The van der Waals surface area contributed by atoms with E-state index in [1.807, 2.05) is 6.92 Å². The predicted molar refractivity (Wildman–Crippen MR) is 68.2 cm³/mol. The zero-order valence-electron chi connectivity index (χ0n) is 10.8. The Morgan fingerprint density at radius 2 is 2.26 bits per heavy atom. The molecule has 0 radical (unpaired) electrons. The summed E-state index contributed by atoms with van der Waals surface area (Å²) in [5.41, 5.74) is 1.56. The van der Waals surface area contributed by atoms with Crippen molar-refractivity contribution < 1.29 is 18.3 Å². The van der Waals surface area contributed by atoms with Gasteiger partial charge in [0, 0.05) is 19.2 Å². The molecule has 2 rings (SSSR count). The highest BCUT2D eigenvalue weighted by molar-refractivity contribution is 7.90. The molecule has 0 amide bonds. The Morgan fingerprint density at radius 3 is 2.68 bits per heavy atom. The van der Waals surface area contributed by atoms with Crippen LogP contribution in [0.1, 0.15) is 24.1 Å². The number of sulfonamides is 1. The number of carboxylic acid groups (broad SMARTS) is 1. The SMILES string of the molecule is Cc1c(CC(NS(=O)(=O)C2CC2)C(=O)O)cnn1C. The van der Waals surface area contributed by atoms with Crippen LogP contribution in [-0.4, -0.2) is 40.6 Å². The average Bonchev–Trinajstić information content (AvgIpc) is 3.11. The molecule has 1 aromatic heterocycles. The summed E-state index contributed by atoms with van der Waals surface area (Å²) >= 11 is 0. The Kier molecular flexibility index (Phi) is 3.64. The Morgan fingerprint density at radius 1 is 1.63 bits per heavy atom. The van der Waals surface area contributed by atoms with Crippen LogP contribution in [0.4, 0.5) is 0 Å². The third kappa shape index (κ3) is 3.13. The molecule has 0 saturated heterocycles. The van der Waals surface area contributed by atoms with Crippen molar-refractivity contribution in [1.82, 2.24) is 14.5 Å². The van der Waals surface area contributed by atoms with Crippen molar-refractivity contribution >= 4 is 16.0 Å². The molecule has 0 aromatic carbocycles.